The summed E-state index contributed by atoms with van der Waals surface area (Å²) in [4.78, 5) is 12.8. The van der Waals surface area contributed by atoms with Gasteiger partial charge in [-0.3, -0.25) is 9.10 Å². The summed E-state index contributed by atoms with van der Waals surface area (Å²) >= 11 is 0. The maximum absolute atomic E-state index is 13.3. The first-order chi connectivity index (χ1) is 16.3. The van der Waals surface area contributed by atoms with E-state index in [0.717, 1.165) is 15.6 Å². The van der Waals surface area contributed by atoms with Crippen LogP contribution < -0.4 is 19.2 Å². The van der Waals surface area contributed by atoms with Crippen LogP contribution in [0, 0.1) is 0 Å². The fraction of sp³-hybridized carbons (Fsp3) is 0.200. The Labute approximate surface area is 199 Å². The standard InChI is InChI=1S/C25H27N3O5S/c1-4-33-23-14-10-20(11-15-23)19(2)26-27-25(29)18-28(21-12-16-22(32-3)17-13-21)34(30,31)24-8-6-5-7-9-24/h5-17H,4,18H2,1-3H3,(H,27,29)/b26-19-. The molecule has 8 nitrogen and oxygen atoms in total. The summed E-state index contributed by atoms with van der Waals surface area (Å²) in [7, 11) is -2.48. The van der Waals surface area contributed by atoms with Gasteiger partial charge in [-0.05, 0) is 80.1 Å². The number of methoxy groups -OCH3 is 1. The van der Waals surface area contributed by atoms with E-state index in [0.29, 0.717) is 23.8 Å². The maximum atomic E-state index is 13.3. The first-order valence-electron chi connectivity index (χ1n) is 10.6. The number of hydrogen-bond donors (Lipinski definition) is 1. The molecule has 3 aromatic carbocycles. The number of nitrogens with one attached hydrogen (secondary N) is 1. The molecule has 0 aliphatic rings. The van der Waals surface area contributed by atoms with E-state index in [1.165, 1.54) is 19.2 Å². The lowest BCUT2D eigenvalue weighted by Crippen LogP contribution is -2.39. The third kappa shape index (κ3) is 6.14. The molecule has 1 N–H and O–H groups in total. The predicted molar refractivity (Wildman–Crippen MR) is 132 cm³/mol. The van der Waals surface area contributed by atoms with E-state index in [1.807, 2.05) is 31.2 Å². The van der Waals surface area contributed by atoms with Crippen molar-refractivity contribution in [3.05, 3.63) is 84.4 Å². The molecule has 0 aliphatic carbocycles. The molecule has 3 rings (SSSR count). The molecular weight excluding hydrogens is 454 g/mol. The van der Waals surface area contributed by atoms with Gasteiger partial charge in [-0.1, -0.05) is 18.2 Å². The second-order valence-corrected chi connectivity index (χ2v) is 9.07. The summed E-state index contributed by atoms with van der Waals surface area (Å²) in [5.74, 6) is 0.728. The normalized spacial score (nSPS) is 11.6. The number of carbonyl (C=O) groups is 1. The van der Waals surface area contributed by atoms with Crippen molar-refractivity contribution in [2.75, 3.05) is 24.6 Å². The first kappa shape index (κ1) is 24.8. The number of anilines is 1. The van der Waals surface area contributed by atoms with Crippen LogP contribution in [0.15, 0.2) is 88.9 Å². The van der Waals surface area contributed by atoms with Crippen LogP contribution in [0.5, 0.6) is 11.5 Å². The van der Waals surface area contributed by atoms with Gasteiger partial charge in [-0.25, -0.2) is 13.8 Å². The van der Waals surface area contributed by atoms with Gasteiger partial charge in [0.25, 0.3) is 15.9 Å². The van der Waals surface area contributed by atoms with Crippen molar-refractivity contribution in [3.8, 4) is 11.5 Å². The minimum Gasteiger partial charge on any atom is -0.497 e. The molecule has 0 bridgehead atoms. The molecule has 0 atom stereocenters. The minimum absolute atomic E-state index is 0.0766. The Hall–Kier alpha value is -3.85. The highest BCUT2D eigenvalue weighted by Gasteiger charge is 2.27. The van der Waals surface area contributed by atoms with Crippen LogP contribution in [0.2, 0.25) is 0 Å². The molecule has 0 unspecified atom stereocenters. The third-order valence-corrected chi connectivity index (χ3v) is 6.70. The lowest BCUT2D eigenvalue weighted by molar-refractivity contribution is -0.119. The van der Waals surface area contributed by atoms with E-state index in [-0.39, 0.29) is 4.90 Å². The van der Waals surface area contributed by atoms with E-state index >= 15 is 0 Å². The highest BCUT2D eigenvalue weighted by molar-refractivity contribution is 7.92. The Balaban J connectivity index is 1.81. The summed E-state index contributed by atoms with van der Waals surface area (Å²) in [5.41, 5.74) is 4.15. The molecule has 0 fully saturated rings. The van der Waals surface area contributed by atoms with E-state index in [4.69, 9.17) is 9.47 Å². The van der Waals surface area contributed by atoms with Crippen LogP contribution in [0.3, 0.4) is 0 Å². The number of rotatable bonds is 10. The van der Waals surface area contributed by atoms with Gasteiger partial charge in [0.1, 0.15) is 18.0 Å². The maximum Gasteiger partial charge on any atom is 0.264 e. The summed E-state index contributed by atoms with van der Waals surface area (Å²) < 4.78 is 38.3. The monoisotopic (exact) mass is 481 g/mol. The molecular formula is C25H27N3O5S. The van der Waals surface area contributed by atoms with Crippen LogP contribution in [0.25, 0.3) is 0 Å². The molecule has 0 radical (unpaired) electrons. The van der Waals surface area contributed by atoms with Crippen LogP contribution in [-0.2, 0) is 14.8 Å². The Kier molecular flexibility index (Phi) is 8.26. The molecule has 34 heavy (non-hydrogen) atoms. The summed E-state index contributed by atoms with van der Waals surface area (Å²) in [6, 6.07) is 21.7. The van der Waals surface area contributed by atoms with Crippen LogP contribution in [0.4, 0.5) is 5.69 Å². The minimum atomic E-state index is -4.00. The van der Waals surface area contributed by atoms with Gasteiger partial charge in [0, 0.05) is 0 Å². The van der Waals surface area contributed by atoms with Crippen LogP contribution >= 0.6 is 0 Å². The fourth-order valence-electron chi connectivity index (χ4n) is 3.12. The molecule has 0 heterocycles. The molecule has 9 heteroatoms. The lowest BCUT2D eigenvalue weighted by atomic mass is 10.1. The quantitative estimate of drug-likeness (QED) is 0.351. The van der Waals surface area contributed by atoms with Crippen molar-refractivity contribution in [1.82, 2.24) is 5.43 Å². The molecule has 0 spiro atoms. The molecule has 178 valence electrons. The lowest BCUT2D eigenvalue weighted by Gasteiger charge is -2.24. The molecule has 3 aromatic rings. The van der Waals surface area contributed by atoms with Gasteiger partial charge >= 0.3 is 0 Å². The average Bonchev–Trinajstić information content (AvgIpc) is 2.87. The average molecular weight is 482 g/mol. The van der Waals surface area contributed by atoms with E-state index in [9.17, 15) is 13.2 Å². The van der Waals surface area contributed by atoms with Gasteiger partial charge in [0.15, 0.2) is 0 Å². The van der Waals surface area contributed by atoms with Gasteiger partial charge in [0.05, 0.1) is 30.0 Å². The van der Waals surface area contributed by atoms with Crippen LogP contribution in [-0.4, -0.2) is 40.3 Å². The Morgan fingerprint density at radius 2 is 1.56 bits per heavy atom. The number of hydrogen-bond acceptors (Lipinski definition) is 6. The Morgan fingerprint density at radius 3 is 2.15 bits per heavy atom. The van der Waals surface area contributed by atoms with Gasteiger partial charge in [0.2, 0.25) is 0 Å². The molecule has 0 aliphatic heterocycles. The van der Waals surface area contributed by atoms with Crippen molar-refractivity contribution in [3.63, 3.8) is 0 Å². The molecule has 1 amide bonds. The van der Waals surface area contributed by atoms with E-state index in [1.54, 1.807) is 49.4 Å². The number of amides is 1. The Morgan fingerprint density at radius 1 is 0.941 bits per heavy atom. The van der Waals surface area contributed by atoms with Crippen molar-refractivity contribution in [2.24, 2.45) is 5.10 Å². The second kappa shape index (κ2) is 11.3. The zero-order chi connectivity index (χ0) is 24.6. The zero-order valence-electron chi connectivity index (χ0n) is 19.3. The highest BCUT2D eigenvalue weighted by atomic mass is 32.2. The topological polar surface area (TPSA) is 97.3 Å². The fourth-order valence-corrected chi connectivity index (χ4v) is 4.56. The zero-order valence-corrected chi connectivity index (χ0v) is 20.1. The summed E-state index contributed by atoms with van der Waals surface area (Å²) in [6.45, 7) is 3.77. The predicted octanol–water partition coefficient (Wildman–Crippen LogP) is 3.83. The SMILES string of the molecule is CCOc1ccc(/C(C)=N\NC(=O)CN(c2ccc(OC)cc2)S(=O)(=O)c2ccccc2)cc1. The van der Waals surface area contributed by atoms with Gasteiger partial charge in [-0.15, -0.1) is 0 Å². The Bertz CT molecular complexity index is 1230. The number of hydrazone groups is 1. The van der Waals surface area contributed by atoms with Crippen molar-refractivity contribution < 1.29 is 22.7 Å². The second-order valence-electron chi connectivity index (χ2n) is 7.21. The van der Waals surface area contributed by atoms with Crippen LogP contribution in [0.1, 0.15) is 19.4 Å². The molecule has 0 saturated heterocycles. The van der Waals surface area contributed by atoms with Gasteiger partial charge in [-0.2, -0.15) is 5.10 Å². The number of sulfonamides is 1. The molecule has 0 aromatic heterocycles. The number of nitrogens with zero attached hydrogens (tertiary/aromatic N) is 2. The summed E-state index contributed by atoms with van der Waals surface area (Å²) in [6.07, 6.45) is 0. The highest BCUT2D eigenvalue weighted by Crippen LogP contribution is 2.25. The van der Waals surface area contributed by atoms with E-state index in [2.05, 4.69) is 10.5 Å². The third-order valence-electron chi connectivity index (χ3n) is 4.91. The van der Waals surface area contributed by atoms with Gasteiger partial charge < -0.3 is 9.47 Å². The number of benzene rings is 3. The summed E-state index contributed by atoms with van der Waals surface area (Å²) in [5, 5.41) is 4.13. The molecule has 0 saturated carbocycles. The van der Waals surface area contributed by atoms with Crippen molar-refractivity contribution >= 4 is 27.3 Å². The number of ether oxygens (including phenoxy) is 2. The van der Waals surface area contributed by atoms with Crippen molar-refractivity contribution in [1.29, 1.82) is 0 Å². The smallest absolute Gasteiger partial charge is 0.264 e. The number of carbonyl (C=O) groups excluding carboxylic acids is 1. The van der Waals surface area contributed by atoms with E-state index < -0.39 is 22.5 Å². The largest absolute Gasteiger partial charge is 0.497 e. The first-order valence-corrected chi connectivity index (χ1v) is 12.1. The van der Waals surface area contributed by atoms with Crippen molar-refractivity contribution in [2.45, 2.75) is 18.7 Å².